The van der Waals surface area contributed by atoms with Gasteiger partial charge >= 0.3 is 0 Å². The molecule has 0 saturated carbocycles. The van der Waals surface area contributed by atoms with Crippen molar-refractivity contribution in [3.63, 3.8) is 0 Å². The van der Waals surface area contributed by atoms with E-state index in [1.807, 2.05) is 12.3 Å². The average Bonchev–Trinajstić information content (AvgIpc) is 2.78. The van der Waals surface area contributed by atoms with Gasteiger partial charge in [0, 0.05) is 0 Å². The first-order valence-corrected chi connectivity index (χ1v) is 7.33. The minimum absolute atomic E-state index is 0.213. The first-order valence-electron chi connectivity index (χ1n) is 5.70. The number of hydrogen-bond donors (Lipinski definition) is 0. The summed E-state index contributed by atoms with van der Waals surface area (Å²) in [5.41, 5.74) is 1.24. The number of aryl methyl sites for hydroxylation is 1. The van der Waals surface area contributed by atoms with Crippen LogP contribution in [0, 0.1) is 6.92 Å². The molecule has 1 heterocycles. The molecule has 0 aliphatic carbocycles. The minimum atomic E-state index is -0.213. The van der Waals surface area contributed by atoms with E-state index in [-0.39, 0.29) is 16.6 Å². The Morgan fingerprint density at radius 1 is 1.15 bits per heavy atom. The fourth-order valence-corrected chi connectivity index (χ4v) is 3.33. The molecule has 1 aromatic heterocycles. The molecule has 2 aromatic rings. The molecule has 0 aliphatic rings. The number of methoxy groups -OCH3 is 2. The largest absolute Gasteiger partial charge is 0.495 e. The smallest absolute Gasteiger partial charge is 0.208 e. The van der Waals surface area contributed by atoms with Gasteiger partial charge in [-0.1, -0.05) is 23.2 Å². The van der Waals surface area contributed by atoms with Gasteiger partial charge in [0.2, 0.25) is 5.78 Å². The molecule has 20 heavy (non-hydrogen) atoms. The number of rotatable bonds is 4. The highest BCUT2D eigenvalue weighted by molar-refractivity contribution is 7.13. The molecular weight excluding hydrogens is 319 g/mol. The van der Waals surface area contributed by atoms with Crippen molar-refractivity contribution in [3.05, 3.63) is 43.6 Å². The van der Waals surface area contributed by atoms with Crippen LogP contribution in [0.3, 0.4) is 0 Å². The molecule has 106 valence electrons. The Kier molecular flexibility index (Phi) is 4.58. The van der Waals surface area contributed by atoms with Crippen LogP contribution in [-0.2, 0) is 0 Å². The van der Waals surface area contributed by atoms with Crippen molar-refractivity contribution in [2.45, 2.75) is 6.92 Å². The van der Waals surface area contributed by atoms with E-state index in [1.165, 1.54) is 25.6 Å². The van der Waals surface area contributed by atoms with E-state index in [2.05, 4.69) is 0 Å². The molecule has 0 spiro atoms. The molecule has 0 bridgehead atoms. The predicted octanol–water partition coefficient (Wildman–Crippen LogP) is 4.61. The van der Waals surface area contributed by atoms with Crippen molar-refractivity contribution in [2.75, 3.05) is 14.2 Å². The molecule has 3 nitrogen and oxygen atoms in total. The molecule has 0 amide bonds. The van der Waals surface area contributed by atoms with Crippen LogP contribution in [0.2, 0.25) is 10.0 Å². The lowest BCUT2D eigenvalue weighted by molar-refractivity contribution is 0.103. The monoisotopic (exact) mass is 330 g/mol. The van der Waals surface area contributed by atoms with Crippen LogP contribution in [-0.4, -0.2) is 20.0 Å². The molecule has 0 atom stereocenters. The lowest BCUT2D eigenvalue weighted by atomic mass is 10.1. The Labute approximate surface area is 131 Å². The summed E-state index contributed by atoms with van der Waals surface area (Å²) in [6.07, 6.45) is 0. The van der Waals surface area contributed by atoms with E-state index in [1.54, 1.807) is 12.1 Å². The number of hydrogen-bond acceptors (Lipinski definition) is 4. The number of benzene rings is 1. The van der Waals surface area contributed by atoms with Gasteiger partial charge in [-0.25, -0.2) is 0 Å². The summed E-state index contributed by atoms with van der Waals surface area (Å²) in [5, 5.41) is 2.58. The molecule has 6 heteroatoms. The molecule has 0 radical (unpaired) electrons. The summed E-state index contributed by atoms with van der Waals surface area (Å²) >= 11 is 13.6. The SMILES string of the molecule is COc1ccc(C(=O)c2scc(C)c2Cl)c(OC)c1Cl. The van der Waals surface area contributed by atoms with Crippen LogP contribution in [0.1, 0.15) is 20.8 Å². The zero-order valence-electron chi connectivity index (χ0n) is 11.1. The van der Waals surface area contributed by atoms with Gasteiger partial charge in [-0.15, -0.1) is 11.3 Å². The maximum absolute atomic E-state index is 12.6. The first-order chi connectivity index (χ1) is 9.51. The third-order valence-electron chi connectivity index (χ3n) is 2.84. The summed E-state index contributed by atoms with van der Waals surface area (Å²) in [6.45, 7) is 1.86. The number of halogens is 2. The quantitative estimate of drug-likeness (QED) is 0.768. The van der Waals surface area contributed by atoms with E-state index < -0.39 is 0 Å². The van der Waals surface area contributed by atoms with E-state index in [0.717, 1.165) is 5.56 Å². The Hall–Kier alpha value is -1.23. The maximum Gasteiger partial charge on any atom is 0.208 e. The van der Waals surface area contributed by atoms with Gasteiger partial charge in [0.1, 0.15) is 10.8 Å². The lowest BCUT2D eigenvalue weighted by Crippen LogP contribution is -2.04. The third kappa shape index (κ3) is 2.51. The minimum Gasteiger partial charge on any atom is -0.495 e. The van der Waals surface area contributed by atoms with Crippen molar-refractivity contribution < 1.29 is 14.3 Å². The highest BCUT2D eigenvalue weighted by Gasteiger charge is 2.23. The van der Waals surface area contributed by atoms with Gasteiger partial charge in [0.25, 0.3) is 0 Å². The summed E-state index contributed by atoms with van der Waals surface area (Å²) in [6, 6.07) is 3.25. The van der Waals surface area contributed by atoms with E-state index >= 15 is 0 Å². The van der Waals surface area contributed by atoms with Gasteiger partial charge < -0.3 is 9.47 Å². The summed E-state index contributed by atoms with van der Waals surface area (Å²) in [7, 11) is 2.96. The Morgan fingerprint density at radius 2 is 1.85 bits per heavy atom. The number of carbonyl (C=O) groups excluding carboxylic acids is 1. The number of carbonyl (C=O) groups is 1. The van der Waals surface area contributed by atoms with Crippen molar-refractivity contribution >= 4 is 40.3 Å². The van der Waals surface area contributed by atoms with Crippen molar-refractivity contribution in [1.29, 1.82) is 0 Å². The van der Waals surface area contributed by atoms with Gasteiger partial charge in [-0.2, -0.15) is 0 Å². The fraction of sp³-hybridized carbons (Fsp3) is 0.214. The van der Waals surface area contributed by atoms with Crippen molar-refractivity contribution in [2.24, 2.45) is 0 Å². The molecule has 0 N–H and O–H groups in total. The van der Waals surface area contributed by atoms with Crippen LogP contribution < -0.4 is 9.47 Å². The highest BCUT2D eigenvalue weighted by Crippen LogP contribution is 2.39. The molecule has 0 saturated heterocycles. The van der Waals surface area contributed by atoms with Crippen molar-refractivity contribution in [3.8, 4) is 11.5 Å². The van der Waals surface area contributed by atoms with E-state index in [4.69, 9.17) is 32.7 Å². The normalized spacial score (nSPS) is 10.4. The standard InChI is InChI=1S/C14H12Cl2O3S/c1-7-6-20-14(10(7)15)12(17)8-4-5-9(18-2)11(16)13(8)19-3/h4-6H,1-3H3. The summed E-state index contributed by atoms with van der Waals surface area (Å²) in [5.74, 6) is 0.529. The average molecular weight is 331 g/mol. The van der Waals surface area contributed by atoms with Crippen LogP contribution in [0.5, 0.6) is 11.5 Å². The molecule has 0 aliphatic heterocycles. The molecule has 0 unspecified atom stereocenters. The zero-order chi connectivity index (χ0) is 14.9. The van der Waals surface area contributed by atoms with Crippen molar-refractivity contribution in [1.82, 2.24) is 0 Å². The van der Waals surface area contributed by atoms with Gasteiger partial charge in [0.05, 0.1) is 29.7 Å². The third-order valence-corrected chi connectivity index (χ3v) is 4.89. The van der Waals surface area contributed by atoms with Gasteiger partial charge in [-0.05, 0) is 30.0 Å². The number of thiophene rings is 1. The predicted molar refractivity (Wildman–Crippen MR) is 82.1 cm³/mol. The molecule has 0 fully saturated rings. The molecule has 2 rings (SSSR count). The lowest BCUT2D eigenvalue weighted by Gasteiger charge is -2.12. The van der Waals surface area contributed by atoms with Gasteiger partial charge in [-0.3, -0.25) is 4.79 Å². The second-order valence-corrected chi connectivity index (χ2v) is 5.69. The number of ketones is 1. The maximum atomic E-state index is 12.6. The highest BCUT2D eigenvalue weighted by atomic mass is 35.5. The first kappa shape index (κ1) is 15.2. The second kappa shape index (κ2) is 6.04. The zero-order valence-corrected chi connectivity index (χ0v) is 13.4. The topological polar surface area (TPSA) is 35.5 Å². The van der Waals surface area contributed by atoms with Crippen LogP contribution in [0.25, 0.3) is 0 Å². The Balaban J connectivity index is 2.55. The Morgan fingerprint density at radius 3 is 2.35 bits per heavy atom. The van der Waals surface area contributed by atoms with Gasteiger partial charge in [0.15, 0.2) is 5.75 Å². The van der Waals surface area contributed by atoms with Crippen LogP contribution in [0.15, 0.2) is 17.5 Å². The summed E-state index contributed by atoms with van der Waals surface area (Å²) < 4.78 is 10.3. The molecular formula is C14H12Cl2O3S. The summed E-state index contributed by atoms with van der Waals surface area (Å²) in [4.78, 5) is 13.0. The second-order valence-electron chi connectivity index (χ2n) is 4.05. The molecule has 1 aromatic carbocycles. The Bertz CT molecular complexity index is 665. The van der Waals surface area contributed by atoms with E-state index in [9.17, 15) is 4.79 Å². The van der Waals surface area contributed by atoms with Crippen LogP contribution >= 0.6 is 34.5 Å². The van der Waals surface area contributed by atoms with E-state index in [0.29, 0.717) is 21.2 Å². The van der Waals surface area contributed by atoms with Crippen LogP contribution in [0.4, 0.5) is 0 Å². The number of ether oxygens (including phenoxy) is 2. The fourth-order valence-electron chi connectivity index (χ4n) is 1.78.